The van der Waals surface area contributed by atoms with Crippen LogP contribution in [0.4, 0.5) is 0 Å². The van der Waals surface area contributed by atoms with Crippen LogP contribution in [0.2, 0.25) is 0 Å². The first-order chi connectivity index (χ1) is 28.3. The average Bonchev–Trinajstić information content (AvgIpc) is 3.21. The molecule has 0 aliphatic heterocycles. The molecule has 0 bridgehead atoms. The van der Waals surface area contributed by atoms with Crippen LogP contribution in [0.3, 0.4) is 0 Å². The van der Waals surface area contributed by atoms with Crippen LogP contribution >= 0.6 is 0 Å². The van der Waals surface area contributed by atoms with Crippen molar-refractivity contribution in [3.8, 4) is 0 Å². The summed E-state index contributed by atoms with van der Waals surface area (Å²) in [5, 5.41) is 47.1. The molecule has 0 aromatic heterocycles. The lowest BCUT2D eigenvalue weighted by Gasteiger charge is -2.10. The summed E-state index contributed by atoms with van der Waals surface area (Å²) in [6.07, 6.45) is 25.2. The number of hydrogen-bond acceptors (Lipinski definition) is 12. The first kappa shape index (κ1) is 56.0. The molecule has 0 atom stereocenters. The Labute approximate surface area is 352 Å². The normalized spacial score (nSPS) is 11.6. The maximum Gasteiger partial charge on any atom is 0.304 e. The number of carbonyl (C=O) groups is 1. The van der Waals surface area contributed by atoms with Gasteiger partial charge in [-0.25, -0.2) is 0 Å². The molecule has 0 saturated heterocycles. The van der Waals surface area contributed by atoms with E-state index in [1.54, 1.807) is 0 Å². The summed E-state index contributed by atoms with van der Waals surface area (Å²) in [6.45, 7) is 25.1. The minimum Gasteiger partial charge on any atom is -0.481 e. The predicted molar refractivity (Wildman–Crippen MR) is 247 cm³/mol. The Bertz CT molecular complexity index is 742. The quantitative estimate of drug-likeness (QED) is 0.0405. The molecule has 57 heavy (non-hydrogen) atoms. The lowest BCUT2D eigenvalue weighted by molar-refractivity contribution is -0.136. The van der Waals surface area contributed by atoms with E-state index in [-0.39, 0.29) is 6.42 Å². The molecule has 0 aliphatic rings. The molecule has 0 amide bonds. The molecule has 13 nitrogen and oxygen atoms in total. The molecule has 0 fully saturated rings. The molecule has 0 aromatic carbocycles. The van der Waals surface area contributed by atoms with Crippen LogP contribution in [0, 0.1) is 0 Å². The van der Waals surface area contributed by atoms with Gasteiger partial charge < -0.3 is 63.6 Å². The van der Waals surface area contributed by atoms with Crippen LogP contribution in [-0.2, 0) is 4.79 Å². The molecule has 0 rings (SSSR count). The molecule has 13 heteroatoms. The van der Waals surface area contributed by atoms with Gasteiger partial charge in [0, 0.05) is 98.2 Å². The Balaban J connectivity index is 3.06. The van der Waals surface area contributed by atoms with E-state index in [4.69, 9.17) is 5.11 Å². The third-order valence-electron chi connectivity index (χ3n) is 10.2. The molecular weight excluding hydrogens is 715 g/mol. The van der Waals surface area contributed by atoms with Gasteiger partial charge in [-0.3, -0.25) is 4.79 Å². The third kappa shape index (κ3) is 55.0. The van der Waals surface area contributed by atoms with E-state index >= 15 is 0 Å². The summed E-state index contributed by atoms with van der Waals surface area (Å²) in [5.41, 5.74) is 0. The zero-order valence-electron chi connectivity index (χ0n) is 37.6. The van der Waals surface area contributed by atoms with Crippen molar-refractivity contribution in [1.29, 1.82) is 0 Å². The summed E-state index contributed by atoms with van der Waals surface area (Å²) in [6, 6.07) is 0. The summed E-state index contributed by atoms with van der Waals surface area (Å²) < 4.78 is 0. The van der Waals surface area contributed by atoms with Gasteiger partial charge in [-0.1, -0.05) is 84.0 Å². The molecule has 12 N–H and O–H groups in total. The predicted octanol–water partition coefficient (Wildman–Crippen LogP) is 3.38. The molecule has 0 unspecified atom stereocenters. The highest BCUT2D eigenvalue weighted by Crippen LogP contribution is 2.10. The van der Waals surface area contributed by atoms with E-state index in [2.05, 4.69) is 65.4 Å². The van der Waals surface area contributed by atoms with E-state index in [0.29, 0.717) is 6.54 Å². The van der Waals surface area contributed by atoms with Crippen molar-refractivity contribution < 1.29 is 9.90 Å². The molecule has 0 radical (unpaired) electrons. The van der Waals surface area contributed by atoms with E-state index in [9.17, 15) is 4.79 Å². The summed E-state index contributed by atoms with van der Waals surface area (Å²) in [4.78, 5) is 10.5. The van der Waals surface area contributed by atoms with Gasteiger partial charge >= 0.3 is 5.97 Å². The second-order valence-electron chi connectivity index (χ2n) is 15.8. The van der Waals surface area contributed by atoms with Gasteiger partial charge in [0.15, 0.2) is 0 Å². The third-order valence-corrected chi connectivity index (χ3v) is 10.2. The van der Waals surface area contributed by atoms with Crippen molar-refractivity contribution in [2.45, 2.75) is 135 Å². The average molecular weight is 814 g/mol. The van der Waals surface area contributed by atoms with Crippen LogP contribution in [0.5, 0.6) is 0 Å². The first-order valence-corrected chi connectivity index (χ1v) is 24.3. The van der Waals surface area contributed by atoms with E-state index in [1.165, 1.54) is 135 Å². The monoisotopic (exact) mass is 814 g/mol. The molecule has 342 valence electrons. The van der Waals surface area contributed by atoms with Gasteiger partial charge in [0.05, 0.1) is 6.42 Å². The van der Waals surface area contributed by atoms with Crippen LogP contribution in [0.25, 0.3) is 0 Å². The summed E-state index contributed by atoms with van der Waals surface area (Å²) >= 11 is 0. The molecular formula is C44H99N11O2. The second-order valence-corrected chi connectivity index (χ2v) is 15.8. The van der Waals surface area contributed by atoms with Gasteiger partial charge in [-0.05, 0) is 90.8 Å². The smallest absolute Gasteiger partial charge is 0.304 e. The number of carboxylic acid groups (broad SMARTS) is 1. The van der Waals surface area contributed by atoms with Crippen LogP contribution in [0.1, 0.15) is 135 Å². The van der Waals surface area contributed by atoms with E-state index in [1.807, 2.05) is 0 Å². The van der Waals surface area contributed by atoms with Gasteiger partial charge in [0.25, 0.3) is 0 Å². The van der Waals surface area contributed by atoms with Crippen molar-refractivity contribution in [3.63, 3.8) is 0 Å². The number of unbranched alkanes of at least 4 members (excludes halogenated alkanes) is 15. The standard InChI is InChI=1S/C44H99N11O2/c1-2-3-22-48-30-32-50-34-36-52-38-40-54-42-43-55-41-39-53-37-35-51-33-31-49-28-20-14-19-26-46-25-18-13-12-17-24-45-23-15-10-8-6-4-5-7-9-11-16-27-47-29-21-44(56)57/h45-55H,2-43H2,1H3,(H,56,57). The van der Waals surface area contributed by atoms with Crippen LogP contribution in [0.15, 0.2) is 0 Å². The fraction of sp³-hybridized carbons (Fsp3) is 0.977. The molecule has 0 heterocycles. The van der Waals surface area contributed by atoms with Crippen molar-refractivity contribution in [2.24, 2.45) is 0 Å². The van der Waals surface area contributed by atoms with Crippen molar-refractivity contribution in [1.82, 2.24) is 58.5 Å². The zero-order chi connectivity index (χ0) is 41.1. The lowest BCUT2D eigenvalue weighted by Crippen LogP contribution is -2.38. The number of rotatable bonds is 53. The first-order valence-electron chi connectivity index (χ1n) is 24.3. The summed E-state index contributed by atoms with van der Waals surface area (Å²) in [5.74, 6) is -0.719. The minimum atomic E-state index is -0.719. The number of hydrogen-bond donors (Lipinski definition) is 12. The molecule has 0 aromatic rings. The Hall–Kier alpha value is -0.970. The largest absolute Gasteiger partial charge is 0.481 e. The van der Waals surface area contributed by atoms with Gasteiger partial charge in [0.2, 0.25) is 0 Å². The SMILES string of the molecule is CCCCNCCNCCNCCNCCNCCNCCNCCNCCCCCNCCCCCCNCCCCCCCCCCCCNCCC(=O)O. The minimum absolute atomic E-state index is 0.225. The lowest BCUT2D eigenvalue weighted by atomic mass is 10.1. The second kappa shape index (κ2) is 53.0. The van der Waals surface area contributed by atoms with E-state index < -0.39 is 5.97 Å². The fourth-order valence-corrected chi connectivity index (χ4v) is 6.55. The van der Waals surface area contributed by atoms with Crippen molar-refractivity contribution >= 4 is 5.97 Å². The number of nitrogens with one attached hydrogen (secondary N) is 11. The van der Waals surface area contributed by atoms with Crippen LogP contribution in [-0.4, -0.2) is 155 Å². The Morgan fingerprint density at radius 3 is 0.684 bits per heavy atom. The summed E-state index contributed by atoms with van der Waals surface area (Å²) in [7, 11) is 0. The Morgan fingerprint density at radius 2 is 0.439 bits per heavy atom. The van der Waals surface area contributed by atoms with Crippen LogP contribution < -0.4 is 58.5 Å². The highest BCUT2D eigenvalue weighted by atomic mass is 16.4. The Kier molecular flexibility index (Phi) is 52.1. The van der Waals surface area contributed by atoms with E-state index in [0.717, 1.165) is 124 Å². The topological polar surface area (TPSA) is 170 Å². The molecule has 0 spiro atoms. The van der Waals surface area contributed by atoms with Gasteiger partial charge in [-0.2, -0.15) is 0 Å². The highest BCUT2D eigenvalue weighted by Gasteiger charge is 1.98. The Morgan fingerprint density at radius 1 is 0.263 bits per heavy atom. The maximum absolute atomic E-state index is 10.5. The van der Waals surface area contributed by atoms with Gasteiger partial charge in [0.1, 0.15) is 0 Å². The van der Waals surface area contributed by atoms with Crippen molar-refractivity contribution in [3.05, 3.63) is 0 Å². The van der Waals surface area contributed by atoms with Crippen molar-refractivity contribution in [2.75, 3.05) is 144 Å². The molecule has 0 aliphatic carbocycles. The number of carboxylic acids is 1. The zero-order valence-corrected chi connectivity index (χ0v) is 37.6. The number of aliphatic carboxylic acids is 1. The highest BCUT2D eigenvalue weighted by molar-refractivity contribution is 5.66. The van der Waals surface area contributed by atoms with Gasteiger partial charge in [-0.15, -0.1) is 0 Å². The molecule has 0 saturated carbocycles. The fourth-order valence-electron chi connectivity index (χ4n) is 6.55. The maximum atomic E-state index is 10.5.